The maximum atomic E-state index is 13.4. The fourth-order valence-corrected chi connectivity index (χ4v) is 3.81. The van der Waals surface area contributed by atoms with Crippen molar-refractivity contribution in [2.24, 2.45) is 5.14 Å². The number of nitrogens with two attached hydrogens (primary N) is 1. The quantitative estimate of drug-likeness (QED) is 0.405. The number of nitrogens with zero attached hydrogens (tertiary/aromatic N) is 1. The molecule has 0 aliphatic carbocycles. The number of rotatable bonds is 4. The molecule has 3 aromatic carbocycles. The van der Waals surface area contributed by atoms with E-state index in [2.05, 4.69) is 9.97 Å². The van der Waals surface area contributed by atoms with Gasteiger partial charge in [0.15, 0.2) is 0 Å². The summed E-state index contributed by atoms with van der Waals surface area (Å²) in [4.78, 5) is 7.96. The fourth-order valence-electron chi connectivity index (χ4n) is 3.20. The summed E-state index contributed by atoms with van der Waals surface area (Å²) in [5.41, 5.74) is 1.71. The molecule has 0 saturated heterocycles. The molecule has 0 aliphatic heterocycles. The molecular formula is C22H15F4N3OS. The van der Waals surface area contributed by atoms with E-state index in [1.54, 1.807) is 18.2 Å². The Morgan fingerprint density at radius 1 is 1.00 bits per heavy atom. The Hall–Kier alpha value is -3.30. The molecule has 0 fully saturated rings. The highest BCUT2D eigenvalue weighted by molar-refractivity contribution is 7.82. The minimum Gasteiger partial charge on any atom is -0.338 e. The fraction of sp³-hybridized carbons (Fsp3) is 0.0455. The van der Waals surface area contributed by atoms with Gasteiger partial charge in [0.1, 0.15) is 22.6 Å². The van der Waals surface area contributed by atoms with Crippen molar-refractivity contribution in [1.82, 2.24) is 9.97 Å². The molecule has 0 amide bonds. The summed E-state index contributed by atoms with van der Waals surface area (Å²) in [6.07, 6.45) is -1.84. The second-order valence-corrected chi connectivity index (χ2v) is 7.75. The minimum atomic E-state index is -4.77. The normalized spacial score (nSPS) is 13.2. The van der Waals surface area contributed by atoms with Gasteiger partial charge in [-0.1, -0.05) is 36.4 Å². The molecular weight excluding hydrogens is 430 g/mol. The van der Waals surface area contributed by atoms with E-state index in [1.165, 1.54) is 18.2 Å². The van der Waals surface area contributed by atoms with Gasteiger partial charge in [0.05, 0.1) is 21.5 Å². The van der Waals surface area contributed by atoms with Gasteiger partial charge in [-0.15, -0.1) is 0 Å². The molecule has 0 bridgehead atoms. The number of fused-ring (bicyclic) bond motifs is 1. The second-order valence-electron chi connectivity index (χ2n) is 6.72. The van der Waals surface area contributed by atoms with Crippen LogP contribution in [0.1, 0.15) is 17.0 Å². The SMILES string of the molecule is NS(=O)c1ccccc1-c1ccc2nc(/C=C/c3ccc(F)c(C(F)(F)F)c3)[nH]c2c1. The molecule has 0 aliphatic rings. The first-order chi connectivity index (χ1) is 14.7. The number of aromatic amines is 1. The molecule has 0 radical (unpaired) electrons. The molecule has 158 valence electrons. The largest absolute Gasteiger partial charge is 0.419 e. The lowest BCUT2D eigenvalue weighted by atomic mass is 10.1. The first kappa shape index (κ1) is 21.0. The first-order valence-electron chi connectivity index (χ1n) is 9.02. The Balaban J connectivity index is 1.66. The summed E-state index contributed by atoms with van der Waals surface area (Å²) in [6, 6.07) is 15.3. The highest BCUT2D eigenvalue weighted by Gasteiger charge is 2.34. The van der Waals surface area contributed by atoms with Crippen LogP contribution >= 0.6 is 0 Å². The summed E-state index contributed by atoms with van der Waals surface area (Å²) in [5, 5.41) is 5.56. The lowest BCUT2D eigenvalue weighted by Crippen LogP contribution is -2.08. The Bertz CT molecular complexity index is 1330. The van der Waals surface area contributed by atoms with Crippen LogP contribution in [-0.4, -0.2) is 14.2 Å². The van der Waals surface area contributed by atoms with Crippen LogP contribution in [0.2, 0.25) is 0 Å². The predicted octanol–water partition coefficient (Wildman–Crippen LogP) is 5.54. The van der Waals surface area contributed by atoms with Crippen molar-refractivity contribution in [1.29, 1.82) is 0 Å². The van der Waals surface area contributed by atoms with Crippen molar-refractivity contribution in [3.05, 3.63) is 83.4 Å². The number of benzene rings is 3. The van der Waals surface area contributed by atoms with Gasteiger partial charge in [-0.05, 0) is 53.1 Å². The molecule has 31 heavy (non-hydrogen) atoms. The molecule has 9 heteroatoms. The van der Waals surface area contributed by atoms with E-state index < -0.39 is 28.5 Å². The Labute approximate surface area is 177 Å². The van der Waals surface area contributed by atoms with E-state index in [0.29, 0.717) is 21.8 Å². The van der Waals surface area contributed by atoms with Gasteiger partial charge in [0.25, 0.3) is 0 Å². The maximum Gasteiger partial charge on any atom is 0.419 e. The van der Waals surface area contributed by atoms with Crippen molar-refractivity contribution < 1.29 is 21.8 Å². The third kappa shape index (κ3) is 4.42. The van der Waals surface area contributed by atoms with E-state index in [4.69, 9.17) is 5.14 Å². The standard InChI is InChI=1S/C22H15F4N3OS/c23-17-8-5-13(11-16(17)22(24,25)26)6-10-21-28-18-9-7-14(12-19(18)29-21)15-3-1-2-4-20(15)31(27)30/h1-12H,27H2,(H,28,29)/b10-6+. The molecule has 4 aromatic rings. The van der Waals surface area contributed by atoms with Crippen LogP contribution in [0.5, 0.6) is 0 Å². The van der Waals surface area contributed by atoms with Gasteiger partial charge >= 0.3 is 6.18 Å². The minimum absolute atomic E-state index is 0.189. The van der Waals surface area contributed by atoms with Crippen LogP contribution in [0.4, 0.5) is 17.6 Å². The molecule has 1 heterocycles. The molecule has 1 unspecified atom stereocenters. The van der Waals surface area contributed by atoms with Crippen LogP contribution in [0, 0.1) is 5.82 Å². The lowest BCUT2D eigenvalue weighted by molar-refractivity contribution is -0.140. The van der Waals surface area contributed by atoms with Crippen molar-refractivity contribution in [2.75, 3.05) is 0 Å². The van der Waals surface area contributed by atoms with E-state index in [0.717, 1.165) is 23.3 Å². The van der Waals surface area contributed by atoms with Crippen molar-refractivity contribution >= 4 is 34.2 Å². The van der Waals surface area contributed by atoms with Gasteiger partial charge in [0, 0.05) is 0 Å². The highest BCUT2D eigenvalue weighted by Crippen LogP contribution is 2.32. The Morgan fingerprint density at radius 3 is 2.52 bits per heavy atom. The molecule has 4 nitrogen and oxygen atoms in total. The Morgan fingerprint density at radius 2 is 1.77 bits per heavy atom. The van der Waals surface area contributed by atoms with Gasteiger partial charge < -0.3 is 4.98 Å². The number of hydrogen-bond acceptors (Lipinski definition) is 2. The van der Waals surface area contributed by atoms with E-state index in [-0.39, 0.29) is 5.56 Å². The third-order valence-corrected chi connectivity index (χ3v) is 5.43. The zero-order valence-electron chi connectivity index (χ0n) is 15.8. The van der Waals surface area contributed by atoms with Crippen molar-refractivity contribution in [3.63, 3.8) is 0 Å². The van der Waals surface area contributed by atoms with Crippen LogP contribution in [0.3, 0.4) is 0 Å². The molecule has 3 N–H and O–H groups in total. The number of H-pyrrole nitrogens is 1. The third-order valence-electron chi connectivity index (χ3n) is 4.64. The average molecular weight is 445 g/mol. The van der Waals surface area contributed by atoms with Crippen LogP contribution in [0.15, 0.2) is 65.6 Å². The monoisotopic (exact) mass is 445 g/mol. The van der Waals surface area contributed by atoms with E-state index in [1.807, 2.05) is 24.3 Å². The van der Waals surface area contributed by atoms with Crippen molar-refractivity contribution in [3.8, 4) is 11.1 Å². The predicted molar refractivity (Wildman–Crippen MR) is 112 cm³/mol. The van der Waals surface area contributed by atoms with Crippen LogP contribution in [-0.2, 0) is 17.2 Å². The maximum absolute atomic E-state index is 13.4. The summed E-state index contributed by atoms with van der Waals surface area (Å²) in [7, 11) is -1.65. The van der Waals surface area contributed by atoms with Crippen LogP contribution < -0.4 is 5.14 Å². The molecule has 0 spiro atoms. The number of halogens is 4. The van der Waals surface area contributed by atoms with Gasteiger partial charge in [-0.2, -0.15) is 13.2 Å². The number of aromatic nitrogens is 2. The smallest absolute Gasteiger partial charge is 0.338 e. The van der Waals surface area contributed by atoms with Crippen molar-refractivity contribution in [2.45, 2.75) is 11.1 Å². The summed E-state index contributed by atoms with van der Waals surface area (Å²) in [6.45, 7) is 0. The Kier molecular flexibility index (Phi) is 5.47. The molecule has 1 aromatic heterocycles. The summed E-state index contributed by atoms with van der Waals surface area (Å²) < 4.78 is 63.9. The number of alkyl halides is 3. The molecule has 0 saturated carbocycles. The first-order valence-corrected chi connectivity index (χ1v) is 10.2. The van der Waals surface area contributed by atoms with Gasteiger partial charge in [-0.3, -0.25) is 0 Å². The average Bonchev–Trinajstić information content (AvgIpc) is 3.14. The second kappa shape index (κ2) is 8.09. The molecule has 4 rings (SSSR count). The lowest BCUT2D eigenvalue weighted by Gasteiger charge is -2.08. The number of nitrogens with one attached hydrogen (secondary N) is 1. The van der Waals surface area contributed by atoms with Gasteiger partial charge in [-0.25, -0.2) is 18.7 Å². The summed E-state index contributed by atoms with van der Waals surface area (Å²) in [5.74, 6) is -0.902. The number of imidazole rings is 1. The number of hydrogen-bond donors (Lipinski definition) is 2. The van der Waals surface area contributed by atoms with E-state index >= 15 is 0 Å². The molecule has 1 atom stereocenters. The topological polar surface area (TPSA) is 71.8 Å². The van der Waals surface area contributed by atoms with Gasteiger partial charge in [0.2, 0.25) is 0 Å². The van der Waals surface area contributed by atoms with Crippen LogP contribution in [0.25, 0.3) is 34.3 Å². The highest BCUT2D eigenvalue weighted by atomic mass is 32.2. The zero-order valence-corrected chi connectivity index (χ0v) is 16.6. The zero-order chi connectivity index (χ0) is 22.2. The summed E-state index contributed by atoms with van der Waals surface area (Å²) >= 11 is 0. The van der Waals surface area contributed by atoms with E-state index in [9.17, 15) is 21.8 Å².